The van der Waals surface area contributed by atoms with E-state index in [1.165, 1.54) is 23.5 Å². The first kappa shape index (κ1) is 14.2. The molecule has 1 aromatic carbocycles. The van der Waals surface area contributed by atoms with Gasteiger partial charge in [-0.05, 0) is 28.1 Å². The summed E-state index contributed by atoms with van der Waals surface area (Å²) in [7, 11) is 0. The van der Waals surface area contributed by atoms with Crippen molar-refractivity contribution >= 4 is 68.0 Å². The molecule has 18 heavy (non-hydrogen) atoms. The summed E-state index contributed by atoms with van der Waals surface area (Å²) in [5.41, 5.74) is 0.419. The molecule has 0 aliphatic rings. The number of benzene rings is 1. The van der Waals surface area contributed by atoms with Crippen LogP contribution < -0.4 is 4.74 Å². The van der Waals surface area contributed by atoms with E-state index >= 15 is 0 Å². The number of carbonyl (C=O) groups is 1. The molecule has 1 heterocycles. The van der Waals surface area contributed by atoms with E-state index in [-0.39, 0.29) is 15.8 Å². The van der Waals surface area contributed by atoms with Gasteiger partial charge in [0.15, 0.2) is 5.75 Å². The molecule has 0 saturated carbocycles. The second-order valence-corrected chi connectivity index (χ2v) is 6.07. The van der Waals surface area contributed by atoms with E-state index in [1.54, 1.807) is 10.8 Å². The maximum atomic E-state index is 11.9. The molecular weight excluding hydrogens is 382 g/mol. The standard InChI is InChI=1S/C11H4BrCl3O2S/c12-7-4-18-3-6(7)11(16)17-10-8(14)1-5(13)2-9(10)15/h1-4H. The quantitative estimate of drug-likeness (QED) is 0.490. The SMILES string of the molecule is O=C(Oc1c(Cl)cc(Cl)cc1Cl)c1cscc1Br. The summed E-state index contributed by atoms with van der Waals surface area (Å²) in [6.07, 6.45) is 0. The first-order valence-electron chi connectivity index (χ1n) is 4.57. The highest BCUT2D eigenvalue weighted by atomic mass is 79.9. The van der Waals surface area contributed by atoms with Crippen molar-refractivity contribution in [2.24, 2.45) is 0 Å². The Morgan fingerprint density at radius 1 is 1.17 bits per heavy atom. The van der Waals surface area contributed by atoms with Gasteiger partial charge in [0.25, 0.3) is 0 Å². The second kappa shape index (κ2) is 5.80. The van der Waals surface area contributed by atoms with Gasteiger partial charge in [-0.2, -0.15) is 11.3 Å². The van der Waals surface area contributed by atoms with E-state index in [1.807, 2.05) is 0 Å². The molecular formula is C11H4BrCl3O2S. The van der Waals surface area contributed by atoms with Gasteiger partial charge in [0.05, 0.1) is 15.6 Å². The molecule has 2 nitrogen and oxygen atoms in total. The molecule has 0 saturated heterocycles. The molecule has 0 aliphatic carbocycles. The fourth-order valence-corrected chi connectivity index (χ4v) is 3.52. The molecule has 0 bridgehead atoms. The average molecular weight is 386 g/mol. The fraction of sp³-hybridized carbons (Fsp3) is 0. The number of esters is 1. The predicted octanol–water partition coefficient (Wildman–Crippen LogP) is 5.69. The molecule has 0 atom stereocenters. The van der Waals surface area contributed by atoms with Crippen LogP contribution in [0.1, 0.15) is 10.4 Å². The number of rotatable bonds is 2. The van der Waals surface area contributed by atoms with Crippen LogP contribution in [0.15, 0.2) is 27.4 Å². The minimum absolute atomic E-state index is 0.103. The van der Waals surface area contributed by atoms with Crippen molar-refractivity contribution in [3.63, 3.8) is 0 Å². The largest absolute Gasteiger partial charge is 0.420 e. The lowest BCUT2D eigenvalue weighted by Gasteiger charge is -2.08. The van der Waals surface area contributed by atoms with Crippen LogP contribution in [0.5, 0.6) is 5.75 Å². The molecule has 0 radical (unpaired) electrons. The van der Waals surface area contributed by atoms with Crippen molar-refractivity contribution in [2.45, 2.75) is 0 Å². The van der Waals surface area contributed by atoms with Crippen LogP contribution in [0.2, 0.25) is 15.1 Å². The van der Waals surface area contributed by atoms with Gasteiger partial charge in [-0.3, -0.25) is 0 Å². The number of hydrogen-bond donors (Lipinski definition) is 0. The Hall–Kier alpha value is -0.260. The normalized spacial score (nSPS) is 10.4. The van der Waals surface area contributed by atoms with Crippen molar-refractivity contribution in [3.8, 4) is 5.75 Å². The molecule has 0 unspecified atom stereocenters. The zero-order valence-electron chi connectivity index (χ0n) is 8.55. The molecule has 2 aromatic rings. The third kappa shape index (κ3) is 3.00. The third-order valence-electron chi connectivity index (χ3n) is 1.99. The smallest absolute Gasteiger partial charge is 0.345 e. The monoisotopic (exact) mass is 384 g/mol. The van der Waals surface area contributed by atoms with Crippen LogP contribution in [0.3, 0.4) is 0 Å². The lowest BCUT2D eigenvalue weighted by molar-refractivity contribution is 0.0734. The third-order valence-corrected chi connectivity index (χ3v) is 4.47. The number of ether oxygens (including phenoxy) is 1. The summed E-state index contributed by atoms with van der Waals surface area (Å²) in [4.78, 5) is 11.9. The van der Waals surface area contributed by atoms with Gasteiger partial charge in [0.2, 0.25) is 0 Å². The summed E-state index contributed by atoms with van der Waals surface area (Å²) < 4.78 is 5.84. The predicted molar refractivity (Wildman–Crippen MR) is 78.4 cm³/mol. The van der Waals surface area contributed by atoms with Gasteiger partial charge in [-0.25, -0.2) is 4.79 Å². The number of hydrogen-bond acceptors (Lipinski definition) is 3. The molecule has 94 valence electrons. The Kier molecular flexibility index (Phi) is 4.56. The van der Waals surface area contributed by atoms with Crippen molar-refractivity contribution in [3.05, 3.63) is 48.0 Å². The average Bonchev–Trinajstić information content (AvgIpc) is 2.69. The molecule has 7 heteroatoms. The van der Waals surface area contributed by atoms with Gasteiger partial charge in [-0.1, -0.05) is 34.8 Å². The van der Waals surface area contributed by atoms with Crippen molar-refractivity contribution in [1.29, 1.82) is 0 Å². The van der Waals surface area contributed by atoms with Crippen LogP contribution in [-0.4, -0.2) is 5.97 Å². The summed E-state index contributed by atoms with van der Waals surface area (Å²) in [6.45, 7) is 0. The highest BCUT2D eigenvalue weighted by molar-refractivity contribution is 9.10. The summed E-state index contributed by atoms with van der Waals surface area (Å²) in [5, 5.41) is 4.20. The first-order chi connectivity index (χ1) is 8.49. The zero-order chi connectivity index (χ0) is 13.3. The molecule has 1 aromatic heterocycles. The Morgan fingerprint density at radius 3 is 2.28 bits per heavy atom. The van der Waals surface area contributed by atoms with Gasteiger partial charge >= 0.3 is 5.97 Å². The minimum Gasteiger partial charge on any atom is -0.420 e. The van der Waals surface area contributed by atoms with Crippen LogP contribution in [-0.2, 0) is 0 Å². The van der Waals surface area contributed by atoms with E-state index < -0.39 is 5.97 Å². The van der Waals surface area contributed by atoms with Gasteiger partial charge in [-0.15, -0.1) is 0 Å². The molecule has 2 rings (SSSR count). The minimum atomic E-state index is -0.533. The van der Waals surface area contributed by atoms with E-state index in [2.05, 4.69) is 15.9 Å². The van der Waals surface area contributed by atoms with Crippen LogP contribution in [0, 0.1) is 0 Å². The number of carbonyl (C=O) groups excluding carboxylic acids is 1. The van der Waals surface area contributed by atoms with Crippen molar-refractivity contribution < 1.29 is 9.53 Å². The van der Waals surface area contributed by atoms with Crippen LogP contribution in [0.4, 0.5) is 0 Å². The number of halogens is 4. The maximum Gasteiger partial charge on any atom is 0.345 e. The zero-order valence-corrected chi connectivity index (χ0v) is 13.2. The second-order valence-electron chi connectivity index (χ2n) is 3.22. The summed E-state index contributed by atoms with van der Waals surface area (Å²) in [5.74, 6) is -0.430. The summed E-state index contributed by atoms with van der Waals surface area (Å²) >= 11 is 22.3. The lowest BCUT2D eigenvalue weighted by Crippen LogP contribution is -2.08. The molecule has 0 aliphatic heterocycles. The van der Waals surface area contributed by atoms with Crippen LogP contribution >= 0.6 is 62.1 Å². The van der Waals surface area contributed by atoms with Crippen LogP contribution in [0.25, 0.3) is 0 Å². The van der Waals surface area contributed by atoms with Gasteiger partial charge in [0.1, 0.15) is 0 Å². The molecule has 0 spiro atoms. The maximum absolute atomic E-state index is 11.9. The number of thiophene rings is 1. The van der Waals surface area contributed by atoms with Crippen molar-refractivity contribution in [1.82, 2.24) is 0 Å². The molecule has 0 fully saturated rings. The Labute approximate surface area is 131 Å². The Morgan fingerprint density at radius 2 is 1.78 bits per heavy atom. The summed E-state index contributed by atoms with van der Waals surface area (Å²) in [6, 6.07) is 2.92. The fourth-order valence-electron chi connectivity index (χ4n) is 1.20. The van der Waals surface area contributed by atoms with Gasteiger partial charge in [0, 0.05) is 20.3 Å². The van der Waals surface area contributed by atoms with E-state index in [9.17, 15) is 4.79 Å². The highest BCUT2D eigenvalue weighted by Crippen LogP contribution is 2.36. The van der Waals surface area contributed by atoms with Gasteiger partial charge < -0.3 is 4.74 Å². The molecule has 0 amide bonds. The topological polar surface area (TPSA) is 26.3 Å². The highest BCUT2D eigenvalue weighted by Gasteiger charge is 2.17. The Bertz CT molecular complexity index is 589. The van der Waals surface area contributed by atoms with Crippen molar-refractivity contribution in [2.75, 3.05) is 0 Å². The molecule has 0 N–H and O–H groups in total. The lowest BCUT2D eigenvalue weighted by atomic mass is 10.3. The van der Waals surface area contributed by atoms with E-state index in [0.29, 0.717) is 15.1 Å². The van der Waals surface area contributed by atoms with E-state index in [0.717, 1.165) is 0 Å². The van der Waals surface area contributed by atoms with E-state index in [4.69, 9.17) is 39.5 Å². The first-order valence-corrected chi connectivity index (χ1v) is 7.44. The Balaban J connectivity index is 2.31.